The van der Waals surface area contributed by atoms with E-state index in [4.69, 9.17) is 9.26 Å². The van der Waals surface area contributed by atoms with Gasteiger partial charge in [-0.05, 0) is 38.8 Å². The highest BCUT2D eigenvalue weighted by atomic mass is 16.5. The zero-order valence-electron chi connectivity index (χ0n) is 13.7. The van der Waals surface area contributed by atoms with Crippen LogP contribution < -0.4 is 0 Å². The number of aryl methyl sites for hydroxylation is 1. The van der Waals surface area contributed by atoms with Gasteiger partial charge in [-0.1, -0.05) is 12.1 Å². The van der Waals surface area contributed by atoms with Crippen molar-refractivity contribution < 1.29 is 9.26 Å². The van der Waals surface area contributed by atoms with Crippen LogP contribution >= 0.6 is 0 Å². The van der Waals surface area contributed by atoms with Gasteiger partial charge < -0.3 is 9.26 Å². The number of hydrogen-bond donors (Lipinski definition) is 0. The Kier molecular flexibility index (Phi) is 5.81. The number of ether oxygens (including phenoxy) is 1. The quantitative estimate of drug-likeness (QED) is 0.825. The molecule has 0 amide bonds. The Bertz CT molecular complexity index is 445. The van der Waals surface area contributed by atoms with Crippen molar-refractivity contribution >= 4 is 0 Å². The predicted octanol–water partition coefficient (Wildman–Crippen LogP) is 1.71. The second-order valence-corrected chi connectivity index (χ2v) is 6.38. The molecule has 0 aliphatic carbocycles. The van der Waals surface area contributed by atoms with Gasteiger partial charge >= 0.3 is 0 Å². The summed E-state index contributed by atoms with van der Waals surface area (Å²) < 4.78 is 11.1. The smallest absolute Gasteiger partial charge is 0.226 e. The molecule has 3 rings (SSSR count). The molecule has 0 saturated carbocycles. The molecule has 0 N–H and O–H groups in total. The Morgan fingerprint density at radius 1 is 1.09 bits per heavy atom. The minimum Gasteiger partial charge on any atom is -0.377 e. The molecule has 6 nitrogen and oxygen atoms in total. The lowest BCUT2D eigenvalue weighted by Gasteiger charge is -2.29. The van der Waals surface area contributed by atoms with Gasteiger partial charge in [-0.15, -0.1) is 0 Å². The average Bonchev–Trinajstić information content (AvgIpc) is 2.89. The maximum absolute atomic E-state index is 5.87. The Balaban J connectivity index is 1.44. The molecule has 22 heavy (non-hydrogen) atoms. The van der Waals surface area contributed by atoms with Crippen molar-refractivity contribution in [3.05, 3.63) is 11.7 Å². The number of rotatable bonds is 5. The lowest BCUT2D eigenvalue weighted by atomic mass is 10.1. The van der Waals surface area contributed by atoms with Crippen molar-refractivity contribution in [2.75, 3.05) is 39.3 Å². The highest BCUT2D eigenvalue weighted by molar-refractivity contribution is 4.87. The SMILES string of the molecule is CCc1nc(CN2CCCN(C[C@@H]3CCCCO3)CC2)no1. The molecular weight excluding hydrogens is 280 g/mol. The molecule has 2 aliphatic heterocycles. The van der Waals surface area contributed by atoms with E-state index in [9.17, 15) is 0 Å². The molecule has 124 valence electrons. The minimum atomic E-state index is 0.449. The van der Waals surface area contributed by atoms with Gasteiger partial charge in [0.1, 0.15) is 0 Å². The Morgan fingerprint density at radius 3 is 2.73 bits per heavy atom. The van der Waals surface area contributed by atoms with Crippen LogP contribution in [0.3, 0.4) is 0 Å². The lowest BCUT2D eigenvalue weighted by Crippen LogP contribution is -2.38. The summed E-state index contributed by atoms with van der Waals surface area (Å²) in [5.41, 5.74) is 0. The third-order valence-electron chi connectivity index (χ3n) is 4.59. The van der Waals surface area contributed by atoms with Gasteiger partial charge in [0.2, 0.25) is 5.89 Å². The second-order valence-electron chi connectivity index (χ2n) is 6.38. The zero-order chi connectivity index (χ0) is 15.2. The normalized spacial score (nSPS) is 25.2. The highest BCUT2D eigenvalue weighted by Gasteiger charge is 2.21. The molecule has 0 bridgehead atoms. The topological polar surface area (TPSA) is 54.6 Å². The van der Waals surface area contributed by atoms with Crippen LogP contribution in [-0.4, -0.2) is 65.4 Å². The summed E-state index contributed by atoms with van der Waals surface area (Å²) in [4.78, 5) is 9.41. The fourth-order valence-corrected chi connectivity index (χ4v) is 3.30. The molecular formula is C16H28N4O2. The fourth-order valence-electron chi connectivity index (χ4n) is 3.30. The highest BCUT2D eigenvalue weighted by Crippen LogP contribution is 2.15. The van der Waals surface area contributed by atoms with Crippen LogP contribution in [0.4, 0.5) is 0 Å². The second kappa shape index (κ2) is 8.04. The van der Waals surface area contributed by atoms with Crippen LogP contribution in [0.2, 0.25) is 0 Å². The summed E-state index contributed by atoms with van der Waals surface area (Å²) in [5, 5.41) is 4.06. The molecule has 2 saturated heterocycles. The van der Waals surface area contributed by atoms with Gasteiger partial charge in [-0.25, -0.2) is 0 Å². The van der Waals surface area contributed by atoms with E-state index in [1.165, 1.54) is 32.2 Å². The monoisotopic (exact) mass is 308 g/mol. The Labute approximate surface area is 132 Å². The van der Waals surface area contributed by atoms with Gasteiger partial charge in [-0.2, -0.15) is 4.98 Å². The fraction of sp³-hybridized carbons (Fsp3) is 0.875. The minimum absolute atomic E-state index is 0.449. The van der Waals surface area contributed by atoms with Crippen molar-refractivity contribution in [1.82, 2.24) is 19.9 Å². The van der Waals surface area contributed by atoms with Gasteiger partial charge in [-0.3, -0.25) is 9.80 Å². The molecule has 3 heterocycles. The number of hydrogen-bond acceptors (Lipinski definition) is 6. The van der Waals surface area contributed by atoms with E-state index < -0.39 is 0 Å². The summed E-state index contributed by atoms with van der Waals surface area (Å²) in [7, 11) is 0. The van der Waals surface area contributed by atoms with Crippen molar-refractivity contribution in [2.24, 2.45) is 0 Å². The molecule has 0 aromatic carbocycles. The van der Waals surface area contributed by atoms with Crippen LogP contribution in [0.1, 0.15) is 44.3 Å². The summed E-state index contributed by atoms with van der Waals surface area (Å²) >= 11 is 0. The summed E-state index contributed by atoms with van der Waals surface area (Å²) in [6.07, 6.45) is 6.23. The molecule has 1 atom stereocenters. The van der Waals surface area contributed by atoms with Gasteiger partial charge in [0.05, 0.1) is 12.6 Å². The first-order valence-electron chi connectivity index (χ1n) is 8.71. The Morgan fingerprint density at radius 2 is 1.95 bits per heavy atom. The van der Waals surface area contributed by atoms with E-state index in [1.54, 1.807) is 0 Å². The average molecular weight is 308 g/mol. The molecule has 1 aromatic heterocycles. The third kappa shape index (κ3) is 4.51. The van der Waals surface area contributed by atoms with Crippen LogP contribution in [0.5, 0.6) is 0 Å². The molecule has 2 fully saturated rings. The number of nitrogens with zero attached hydrogens (tertiary/aromatic N) is 4. The molecule has 6 heteroatoms. The molecule has 0 spiro atoms. The van der Waals surface area contributed by atoms with Crippen molar-refractivity contribution in [2.45, 2.75) is 51.7 Å². The number of aromatic nitrogens is 2. The summed E-state index contributed by atoms with van der Waals surface area (Å²) in [5.74, 6) is 1.56. The first kappa shape index (κ1) is 15.9. The summed E-state index contributed by atoms with van der Waals surface area (Å²) in [6, 6.07) is 0. The molecule has 0 unspecified atom stereocenters. The van der Waals surface area contributed by atoms with Crippen molar-refractivity contribution in [1.29, 1.82) is 0 Å². The largest absolute Gasteiger partial charge is 0.377 e. The van der Waals surface area contributed by atoms with Crippen LogP contribution in [0.15, 0.2) is 4.52 Å². The predicted molar refractivity (Wildman–Crippen MR) is 83.6 cm³/mol. The van der Waals surface area contributed by atoms with E-state index in [2.05, 4.69) is 19.9 Å². The van der Waals surface area contributed by atoms with Gasteiger partial charge in [0.15, 0.2) is 5.82 Å². The maximum Gasteiger partial charge on any atom is 0.226 e. The summed E-state index contributed by atoms with van der Waals surface area (Å²) in [6.45, 7) is 9.34. The van der Waals surface area contributed by atoms with Crippen LogP contribution in [0.25, 0.3) is 0 Å². The van der Waals surface area contributed by atoms with Crippen LogP contribution in [-0.2, 0) is 17.7 Å². The first-order chi connectivity index (χ1) is 10.8. The molecule has 2 aliphatic rings. The molecule has 0 radical (unpaired) electrons. The van der Waals surface area contributed by atoms with E-state index >= 15 is 0 Å². The third-order valence-corrected chi connectivity index (χ3v) is 4.59. The van der Waals surface area contributed by atoms with Gasteiger partial charge in [0.25, 0.3) is 0 Å². The lowest BCUT2D eigenvalue weighted by molar-refractivity contribution is -0.00501. The van der Waals surface area contributed by atoms with Crippen molar-refractivity contribution in [3.63, 3.8) is 0 Å². The molecule has 1 aromatic rings. The zero-order valence-corrected chi connectivity index (χ0v) is 13.7. The van der Waals surface area contributed by atoms with E-state index in [0.717, 1.165) is 57.5 Å². The van der Waals surface area contributed by atoms with E-state index in [1.807, 2.05) is 6.92 Å². The van der Waals surface area contributed by atoms with E-state index in [-0.39, 0.29) is 0 Å². The van der Waals surface area contributed by atoms with E-state index in [0.29, 0.717) is 6.10 Å². The maximum atomic E-state index is 5.87. The first-order valence-corrected chi connectivity index (χ1v) is 8.71. The van der Waals surface area contributed by atoms with Crippen LogP contribution in [0, 0.1) is 0 Å². The van der Waals surface area contributed by atoms with Gasteiger partial charge in [0, 0.05) is 32.7 Å². The standard InChI is InChI=1S/C16H28N4O2/c1-2-16-17-15(18-22-16)13-20-8-5-7-19(9-10-20)12-14-6-3-4-11-21-14/h14H,2-13H2,1H3/t14-/m0/s1. The van der Waals surface area contributed by atoms with Crippen molar-refractivity contribution in [3.8, 4) is 0 Å². The Hall–Kier alpha value is -0.980.